The molecule has 1 aliphatic heterocycles. The Bertz CT molecular complexity index is 1240. The number of carbonyl (C=O) groups excluding carboxylic acids is 3. The molecule has 4 rings (SSSR count). The van der Waals surface area contributed by atoms with Crippen LogP contribution in [0.4, 0.5) is 5.69 Å². The first kappa shape index (κ1) is 21.7. The lowest BCUT2D eigenvalue weighted by Gasteiger charge is -2.41. The zero-order valence-electron chi connectivity index (χ0n) is 19.2. The highest BCUT2D eigenvalue weighted by atomic mass is 16.5. The maximum absolute atomic E-state index is 13.7. The molecule has 1 amide bonds. The number of hydrogen-bond donors (Lipinski definition) is 0. The fraction of sp³-hybridized carbons (Fsp3) is 0.360. The summed E-state index contributed by atoms with van der Waals surface area (Å²) in [6, 6.07) is 11.9. The number of ketones is 1. The van der Waals surface area contributed by atoms with Crippen molar-refractivity contribution in [2.75, 3.05) is 4.90 Å². The number of esters is 1. The molecule has 0 fully saturated rings. The predicted molar refractivity (Wildman–Crippen MR) is 121 cm³/mol. The maximum Gasteiger partial charge on any atom is 0.312 e. The van der Waals surface area contributed by atoms with Gasteiger partial charge in [0.25, 0.3) is 0 Å². The second kappa shape index (κ2) is 7.58. The molecular formula is C25H27N3O4. The van der Waals surface area contributed by atoms with Crippen LogP contribution in [0, 0.1) is 12.3 Å². The summed E-state index contributed by atoms with van der Waals surface area (Å²) < 4.78 is 7.72. The molecule has 0 radical (unpaired) electrons. The van der Waals surface area contributed by atoms with E-state index in [1.54, 1.807) is 31.7 Å². The molecule has 0 aliphatic carbocycles. The molecule has 0 N–H and O–H groups in total. The van der Waals surface area contributed by atoms with Crippen LogP contribution in [0.15, 0.2) is 42.5 Å². The normalized spacial score (nSPS) is 18.6. The topological polar surface area (TPSA) is 81.5 Å². The molecule has 166 valence electrons. The Morgan fingerprint density at radius 1 is 1.06 bits per heavy atom. The lowest BCUT2D eigenvalue weighted by Crippen LogP contribution is -2.50. The van der Waals surface area contributed by atoms with Crippen LogP contribution < -0.4 is 4.90 Å². The molecule has 1 aromatic heterocycles. The first-order chi connectivity index (χ1) is 15.0. The van der Waals surface area contributed by atoms with Crippen LogP contribution in [0.25, 0.3) is 11.0 Å². The maximum atomic E-state index is 13.7. The number of rotatable bonds is 2. The van der Waals surface area contributed by atoms with Gasteiger partial charge in [0.05, 0.1) is 16.6 Å². The monoisotopic (exact) mass is 433 g/mol. The fourth-order valence-electron chi connectivity index (χ4n) is 4.11. The minimum absolute atomic E-state index is 0.264. The summed E-state index contributed by atoms with van der Waals surface area (Å²) >= 11 is 0. The van der Waals surface area contributed by atoms with Gasteiger partial charge in [0.2, 0.25) is 11.7 Å². The largest absolute Gasteiger partial charge is 0.451 e. The van der Waals surface area contributed by atoms with Crippen LogP contribution in [-0.4, -0.2) is 33.3 Å². The van der Waals surface area contributed by atoms with Crippen molar-refractivity contribution in [3.05, 3.63) is 59.4 Å². The molecule has 0 saturated heterocycles. The van der Waals surface area contributed by atoms with Gasteiger partial charge in [0.15, 0.2) is 6.10 Å². The Labute approximate surface area is 187 Å². The van der Waals surface area contributed by atoms with Gasteiger partial charge in [-0.3, -0.25) is 19.3 Å². The van der Waals surface area contributed by atoms with Crippen LogP contribution >= 0.6 is 0 Å². The third-order valence-electron chi connectivity index (χ3n) is 5.91. The van der Waals surface area contributed by atoms with Crippen LogP contribution in [0.5, 0.6) is 0 Å². The highest BCUT2D eigenvalue weighted by Crippen LogP contribution is 2.44. The second-order valence-corrected chi connectivity index (χ2v) is 9.23. The molecule has 1 aliphatic rings. The number of nitrogens with zero attached hydrogens (tertiary/aromatic N) is 3. The van der Waals surface area contributed by atoms with Crippen molar-refractivity contribution in [3.63, 3.8) is 0 Å². The number of aromatic nitrogens is 2. The molecule has 3 aromatic rings. The summed E-state index contributed by atoms with van der Waals surface area (Å²) in [5.74, 6) is -0.338. The van der Waals surface area contributed by atoms with Gasteiger partial charge in [-0.1, -0.05) is 30.3 Å². The van der Waals surface area contributed by atoms with E-state index in [-0.39, 0.29) is 11.7 Å². The summed E-state index contributed by atoms with van der Waals surface area (Å²) in [4.78, 5) is 45.8. The number of amides is 1. The van der Waals surface area contributed by atoms with Gasteiger partial charge in [0.1, 0.15) is 17.4 Å². The van der Waals surface area contributed by atoms with Crippen LogP contribution in [0.2, 0.25) is 0 Å². The third kappa shape index (κ3) is 3.38. The van der Waals surface area contributed by atoms with Crippen molar-refractivity contribution in [2.45, 2.75) is 46.8 Å². The van der Waals surface area contributed by atoms with Gasteiger partial charge in [-0.15, -0.1) is 0 Å². The quantitative estimate of drug-likeness (QED) is 0.568. The summed E-state index contributed by atoms with van der Waals surface area (Å²) in [5.41, 5.74) is 2.08. The molecule has 0 bridgehead atoms. The van der Waals surface area contributed by atoms with E-state index in [1.807, 2.05) is 54.9 Å². The molecule has 0 spiro atoms. The van der Waals surface area contributed by atoms with Crippen molar-refractivity contribution < 1.29 is 19.1 Å². The van der Waals surface area contributed by atoms with Crippen molar-refractivity contribution in [1.82, 2.24) is 9.55 Å². The smallest absolute Gasteiger partial charge is 0.312 e. The number of aryl methyl sites for hydroxylation is 2. The van der Waals surface area contributed by atoms with E-state index >= 15 is 0 Å². The molecule has 0 unspecified atom stereocenters. The lowest BCUT2D eigenvalue weighted by molar-refractivity contribution is -0.157. The summed E-state index contributed by atoms with van der Waals surface area (Å²) in [6.45, 7) is 8.52. The number of ether oxygens (including phenoxy) is 1. The standard InChI is InChI=1S/C25H27N3O4/c1-14-26-19-18(27(14)6)13-12-17-21(19)28(15(2)29)20(16-10-8-7-9-11-16)23(22(17)30)32-24(31)25(3,4)5/h7-13,20,23H,1-6H3/t20-,23-/m1/s1. The second-order valence-electron chi connectivity index (χ2n) is 9.23. The number of fused-ring (bicyclic) bond motifs is 3. The molecule has 2 atom stereocenters. The number of Topliss-reactive ketones (excluding diaryl/α,β-unsaturated/α-hetero) is 1. The summed E-state index contributed by atoms with van der Waals surface area (Å²) in [7, 11) is 1.89. The Kier molecular flexibility index (Phi) is 5.15. The summed E-state index contributed by atoms with van der Waals surface area (Å²) in [5, 5.41) is 0. The van der Waals surface area contributed by atoms with Gasteiger partial charge in [-0.2, -0.15) is 0 Å². The number of carbonyl (C=O) groups is 3. The Hall–Kier alpha value is -3.48. The molecule has 0 saturated carbocycles. The number of anilines is 1. The molecule has 2 aromatic carbocycles. The van der Waals surface area contributed by atoms with E-state index in [0.29, 0.717) is 22.3 Å². The van der Waals surface area contributed by atoms with Crippen LogP contribution in [-0.2, 0) is 21.4 Å². The van der Waals surface area contributed by atoms with E-state index in [2.05, 4.69) is 4.98 Å². The van der Waals surface area contributed by atoms with Gasteiger partial charge in [-0.05, 0) is 45.4 Å². The van der Waals surface area contributed by atoms with Crippen LogP contribution in [0.3, 0.4) is 0 Å². The van der Waals surface area contributed by atoms with E-state index in [0.717, 1.165) is 11.3 Å². The highest BCUT2D eigenvalue weighted by molar-refractivity contribution is 6.17. The number of benzene rings is 2. The van der Waals surface area contributed by atoms with Crippen molar-refractivity contribution in [2.24, 2.45) is 12.5 Å². The summed E-state index contributed by atoms with van der Waals surface area (Å²) in [6.07, 6.45) is -1.16. The number of imidazole rings is 1. The first-order valence-corrected chi connectivity index (χ1v) is 10.6. The van der Waals surface area contributed by atoms with Gasteiger partial charge in [-0.25, -0.2) is 4.98 Å². The number of hydrogen-bond acceptors (Lipinski definition) is 5. The van der Waals surface area contributed by atoms with Gasteiger partial charge in [0, 0.05) is 19.5 Å². The third-order valence-corrected chi connectivity index (χ3v) is 5.91. The van der Waals surface area contributed by atoms with Crippen molar-refractivity contribution in [1.29, 1.82) is 0 Å². The van der Waals surface area contributed by atoms with E-state index in [1.165, 1.54) is 6.92 Å². The Morgan fingerprint density at radius 3 is 2.31 bits per heavy atom. The molecule has 7 nitrogen and oxygen atoms in total. The minimum atomic E-state index is -1.16. The predicted octanol–water partition coefficient (Wildman–Crippen LogP) is 4.13. The van der Waals surface area contributed by atoms with Gasteiger partial charge >= 0.3 is 5.97 Å². The minimum Gasteiger partial charge on any atom is -0.451 e. The lowest BCUT2D eigenvalue weighted by atomic mass is 9.86. The molecule has 2 heterocycles. The molecular weight excluding hydrogens is 406 g/mol. The van der Waals surface area contributed by atoms with E-state index < -0.39 is 23.5 Å². The Morgan fingerprint density at radius 2 is 1.72 bits per heavy atom. The van der Waals surface area contributed by atoms with Crippen LogP contribution in [0.1, 0.15) is 55.5 Å². The fourth-order valence-corrected chi connectivity index (χ4v) is 4.11. The Balaban J connectivity index is 2.00. The van der Waals surface area contributed by atoms with Crippen molar-refractivity contribution in [3.8, 4) is 0 Å². The SMILES string of the molecule is CC(=O)N1c2c(ccc3c2nc(C)n3C)C(=O)[C@H](OC(=O)C(C)(C)C)[C@H]1c1ccccc1. The average Bonchev–Trinajstić information content (AvgIpc) is 3.03. The average molecular weight is 434 g/mol. The van der Waals surface area contributed by atoms with Crippen molar-refractivity contribution >= 4 is 34.4 Å². The molecule has 7 heteroatoms. The van der Waals surface area contributed by atoms with Gasteiger partial charge < -0.3 is 9.30 Å². The van der Waals surface area contributed by atoms with E-state index in [4.69, 9.17) is 4.74 Å². The first-order valence-electron chi connectivity index (χ1n) is 10.6. The highest BCUT2D eigenvalue weighted by Gasteiger charge is 2.47. The zero-order chi connectivity index (χ0) is 23.4. The van der Waals surface area contributed by atoms with E-state index in [9.17, 15) is 14.4 Å². The molecule has 32 heavy (non-hydrogen) atoms. The zero-order valence-corrected chi connectivity index (χ0v) is 19.2.